The first-order chi connectivity index (χ1) is 8.69. The average Bonchev–Trinajstić information content (AvgIpc) is 2.65. The summed E-state index contributed by atoms with van der Waals surface area (Å²) < 4.78 is 0. The third-order valence-corrected chi connectivity index (χ3v) is 6.15. The SMILES string of the molecule is CC1CN(CCC2CC3CCC(C2)N3)CC(C)S1. The lowest BCUT2D eigenvalue weighted by Gasteiger charge is -2.36. The minimum Gasteiger partial charge on any atom is -0.311 e. The molecule has 3 heteroatoms. The molecule has 3 heterocycles. The van der Waals surface area contributed by atoms with Gasteiger partial charge in [0.2, 0.25) is 0 Å². The van der Waals surface area contributed by atoms with Gasteiger partial charge in [0.05, 0.1) is 0 Å². The van der Waals surface area contributed by atoms with Gasteiger partial charge in [-0.15, -0.1) is 0 Å². The zero-order chi connectivity index (χ0) is 12.5. The van der Waals surface area contributed by atoms with Crippen LogP contribution >= 0.6 is 11.8 Å². The summed E-state index contributed by atoms with van der Waals surface area (Å²) in [7, 11) is 0. The molecule has 0 aromatic carbocycles. The minimum absolute atomic E-state index is 0.831. The van der Waals surface area contributed by atoms with Crippen molar-refractivity contribution in [2.45, 2.75) is 68.5 Å². The molecule has 0 radical (unpaired) electrons. The van der Waals surface area contributed by atoms with Gasteiger partial charge >= 0.3 is 0 Å². The molecule has 3 aliphatic heterocycles. The Labute approximate surface area is 116 Å². The molecule has 2 nitrogen and oxygen atoms in total. The van der Waals surface area contributed by atoms with Gasteiger partial charge < -0.3 is 10.2 Å². The Balaban J connectivity index is 1.43. The number of hydrogen-bond donors (Lipinski definition) is 1. The second-order valence-corrected chi connectivity index (χ2v) is 8.66. The first kappa shape index (κ1) is 13.3. The van der Waals surface area contributed by atoms with Crippen molar-refractivity contribution in [2.24, 2.45) is 5.92 Å². The maximum Gasteiger partial charge on any atom is 0.0149 e. The largest absolute Gasteiger partial charge is 0.311 e. The fourth-order valence-corrected chi connectivity index (χ4v) is 5.63. The summed E-state index contributed by atoms with van der Waals surface area (Å²) in [4.78, 5) is 2.72. The minimum atomic E-state index is 0.831. The van der Waals surface area contributed by atoms with E-state index in [0.29, 0.717) is 0 Å². The van der Waals surface area contributed by atoms with Crippen LogP contribution in [-0.2, 0) is 0 Å². The van der Waals surface area contributed by atoms with E-state index in [1.165, 1.54) is 51.7 Å². The summed E-state index contributed by atoms with van der Waals surface area (Å²) in [6.07, 6.45) is 7.22. The summed E-state index contributed by atoms with van der Waals surface area (Å²) in [6, 6.07) is 1.73. The topological polar surface area (TPSA) is 15.3 Å². The van der Waals surface area contributed by atoms with Crippen LogP contribution in [0.3, 0.4) is 0 Å². The van der Waals surface area contributed by atoms with Gasteiger partial charge in [0, 0.05) is 35.7 Å². The normalized spacial score (nSPS) is 45.3. The molecule has 104 valence electrons. The lowest BCUT2D eigenvalue weighted by molar-refractivity contribution is 0.216. The van der Waals surface area contributed by atoms with Crippen LogP contribution in [0.25, 0.3) is 0 Å². The molecule has 0 amide bonds. The van der Waals surface area contributed by atoms with Gasteiger partial charge in [-0.25, -0.2) is 0 Å². The molecular formula is C15H28N2S. The van der Waals surface area contributed by atoms with Crippen molar-refractivity contribution in [2.75, 3.05) is 19.6 Å². The van der Waals surface area contributed by atoms with E-state index in [0.717, 1.165) is 28.5 Å². The summed E-state index contributed by atoms with van der Waals surface area (Å²) >= 11 is 2.17. The highest BCUT2D eigenvalue weighted by atomic mass is 32.2. The summed E-state index contributed by atoms with van der Waals surface area (Å²) in [6.45, 7) is 8.75. The highest BCUT2D eigenvalue weighted by Gasteiger charge is 2.33. The van der Waals surface area contributed by atoms with E-state index in [-0.39, 0.29) is 0 Å². The zero-order valence-electron chi connectivity index (χ0n) is 11.9. The monoisotopic (exact) mass is 268 g/mol. The third-order valence-electron chi connectivity index (χ3n) is 4.92. The first-order valence-corrected chi connectivity index (χ1v) is 8.77. The molecule has 0 aromatic rings. The van der Waals surface area contributed by atoms with Crippen LogP contribution in [-0.4, -0.2) is 47.1 Å². The van der Waals surface area contributed by atoms with Crippen molar-refractivity contribution in [3.8, 4) is 0 Å². The number of thioether (sulfide) groups is 1. The van der Waals surface area contributed by atoms with Crippen LogP contribution in [0.5, 0.6) is 0 Å². The molecular weight excluding hydrogens is 240 g/mol. The van der Waals surface area contributed by atoms with Gasteiger partial charge in [-0.2, -0.15) is 11.8 Å². The molecule has 3 fully saturated rings. The van der Waals surface area contributed by atoms with Crippen molar-refractivity contribution in [1.29, 1.82) is 0 Å². The van der Waals surface area contributed by atoms with E-state index in [2.05, 4.69) is 35.8 Å². The van der Waals surface area contributed by atoms with Crippen molar-refractivity contribution < 1.29 is 0 Å². The molecule has 3 saturated heterocycles. The molecule has 1 N–H and O–H groups in total. The van der Waals surface area contributed by atoms with E-state index >= 15 is 0 Å². The van der Waals surface area contributed by atoms with Crippen LogP contribution in [0, 0.1) is 5.92 Å². The van der Waals surface area contributed by atoms with Crippen LogP contribution in [0.15, 0.2) is 0 Å². The maximum absolute atomic E-state index is 3.76. The quantitative estimate of drug-likeness (QED) is 0.847. The van der Waals surface area contributed by atoms with Crippen molar-refractivity contribution in [3.63, 3.8) is 0 Å². The predicted octanol–water partition coefficient (Wildman–Crippen LogP) is 2.73. The van der Waals surface area contributed by atoms with Gasteiger partial charge in [-0.3, -0.25) is 0 Å². The Kier molecular flexibility index (Phi) is 4.21. The van der Waals surface area contributed by atoms with Crippen molar-refractivity contribution in [3.05, 3.63) is 0 Å². The second-order valence-electron chi connectivity index (χ2n) is 6.78. The van der Waals surface area contributed by atoms with Crippen LogP contribution < -0.4 is 5.32 Å². The maximum atomic E-state index is 3.76. The zero-order valence-corrected chi connectivity index (χ0v) is 12.7. The number of piperidine rings is 1. The van der Waals surface area contributed by atoms with Gasteiger partial charge in [-0.05, 0) is 44.6 Å². The lowest BCUT2D eigenvalue weighted by Crippen LogP contribution is -2.43. The number of hydrogen-bond acceptors (Lipinski definition) is 3. The molecule has 0 saturated carbocycles. The average molecular weight is 268 g/mol. The van der Waals surface area contributed by atoms with Gasteiger partial charge in [0.25, 0.3) is 0 Å². The fraction of sp³-hybridized carbons (Fsp3) is 1.00. The standard InChI is InChI=1S/C15H28N2S/c1-11-9-17(10-12(2)18-11)6-5-13-7-14-3-4-15(8-13)16-14/h11-16H,3-10H2,1-2H3. The Morgan fingerprint density at radius 1 is 1.06 bits per heavy atom. The second kappa shape index (κ2) is 5.72. The van der Waals surface area contributed by atoms with E-state index in [4.69, 9.17) is 0 Å². The number of fused-ring (bicyclic) bond motifs is 2. The van der Waals surface area contributed by atoms with Gasteiger partial charge in [-0.1, -0.05) is 13.8 Å². The summed E-state index contributed by atoms with van der Waals surface area (Å²) in [5.74, 6) is 1.00. The molecule has 18 heavy (non-hydrogen) atoms. The Bertz CT molecular complexity index is 260. The molecule has 3 aliphatic rings. The summed E-state index contributed by atoms with van der Waals surface area (Å²) in [5.41, 5.74) is 0. The highest BCUT2D eigenvalue weighted by molar-refractivity contribution is 8.00. The highest BCUT2D eigenvalue weighted by Crippen LogP contribution is 2.33. The first-order valence-electron chi connectivity index (χ1n) is 7.83. The number of nitrogens with zero attached hydrogens (tertiary/aromatic N) is 1. The number of nitrogens with one attached hydrogen (secondary N) is 1. The van der Waals surface area contributed by atoms with Gasteiger partial charge in [0.1, 0.15) is 0 Å². The van der Waals surface area contributed by atoms with E-state index in [9.17, 15) is 0 Å². The van der Waals surface area contributed by atoms with E-state index < -0.39 is 0 Å². The number of rotatable bonds is 3. The van der Waals surface area contributed by atoms with Crippen LogP contribution in [0.4, 0.5) is 0 Å². The Morgan fingerprint density at radius 3 is 2.28 bits per heavy atom. The van der Waals surface area contributed by atoms with Crippen LogP contribution in [0.2, 0.25) is 0 Å². The smallest absolute Gasteiger partial charge is 0.0149 e. The Morgan fingerprint density at radius 2 is 1.67 bits per heavy atom. The molecule has 0 aromatic heterocycles. The molecule has 0 spiro atoms. The predicted molar refractivity (Wildman–Crippen MR) is 80.2 cm³/mol. The lowest BCUT2D eigenvalue weighted by atomic mass is 9.89. The third kappa shape index (κ3) is 3.23. The molecule has 2 bridgehead atoms. The van der Waals surface area contributed by atoms with Crippen LogP contribution in [0.1, 0.15) is 46.0 Å². The van der Waals surface area contributed by atoms with Gasteiger partial charge in [0.15, 0.2) is 0 Å². The molecule has 0 aliphatic carbocycles. The molecule has 3 rings (SSSR count). The van der Waals surface area contributed by atoms with Crippen molar-refractivity contribution in [1.82, 2.24) is 10.2 Å². The summed E-state index contributed by atoms with van der Waals surface area (Å²) in [5, 5.41) is 5.42. The molecule has 4 unspecified atom stereocenters. The van der Waals surface area contributed by atoms with E-state index in [1.807, 2.05) is 0 Å². The van der Waals surface area contributed by atoms with E-state index in [1.54, 1.807) is 0 Å². The fourth-order valence-electron chi connectivity index (χ4n) is 4.24. The Hall–Kier alpha value is 0.270. The van der Waals surface area contributed by atoms with Crippen molar-refractivity contribution >= 4 is 11.8 Å². The molecule has 4 atom stereocenters.